The number of carbonyl (C=O) groups is 3. The van der Waals surface area contributed by atoms with Gasteiger partial charge in [-0.2, -0.15) is 0 Å². The molecule has 23 heavy (non-hydrogen) atoms. The molecule has 3 rings (SSSR count). The third-order valence-corrected chi connectivity index (χ3v) is 4.12. The van der Waals surface area contributed by atoms with Crippen LogP contribution < -0.4 is 4.90 Å². The Morgan fingerprint density at radius 2 is 1.52 bits per heavy atom. The highest BCUT2D eigenvalue weighted by atomic mass is 32.2. The van der Waals surface area contributed by atoms with Crippen LogP contribution in [-0.4, -0.2) is 17.4 Å². The highest BCUT2D eigenvalue weighted by Gasteiger charge is 2.36. The number of carbonyl (C=O) groups excluding carboxylic acids is 3. The molecule has 0 aromatic heterocycles. The number of imide groups is 1. The van der Waals surface area contributed by atoms with Crippen LogP contribution in [0.4, 0.5) is 14.9 Å². The summed E-state index contributed by atoms with van der Waals surface area (Å²) in [5.41, 5.74) is 1.57. The quantitative estimate of drug-likeness (QED) is 0.634. The molecule has 1 saturated heterocycles. The number of aldehydes is 1. The van der Waals surface area contributed by atoms with Crippen molar-refractivity contribution in [2.75, 3.05) is 4.90 Å². The maximum absolute atomic E-state index is 13.0. The molecule has 0 radical (unpaired) electrons. The van der Waals surface area contributed by atoms with Crippen molar-refractivity contribution in [3.8, 4) is 0 Å². The SMILES string of the molecule is O=Cc1ccc(C=C2SC(=O)N(c3ccc(F)cc3)C2=O)cc1. The number of hydrogen-bond acceptors (Lipinski definition) is 4. The van der Waals surface area contributed by atoms with Crippen molar-refractivity contribution in [1.82, 2.24) is 0 Å². The topological polar surface area (TPSA) is 54.5 Å². The fraction of sp³-hybridized carbons (Fsp3) is 0. The van der Waals surface area contributed by atoms with E-state index in [1.54, 1.807) is 30.3 Å². The van der Waals surface area contributed by atoms with Gasteiger partial charge in [0.2, 0.25) is 0 Å². The maximum Gasteiger partial charge on any atom is 0.298 e. The van der Waals surface area contributed by atoms with Crippen LogP contribution in [0, 0.1) is 5.82 Å². The Kier molecular flexibility index (Phi) is 4.08. The van der Waals surface area contributed by atoms with Gasteiger partial charge in [-0.05, 0) is 47.7 Å². The third-order valence-electron chi connectivity index (χ3n) is 3.25. The van der Waals surface area contributed by atoms with Gasteiger partial charge in [0.05, 0.1) is 10.6 Å². The average Bonchev–Trinajstić information content (AvgIpc) is 2.83. The van der Waals surface area contributed by atoms with Gasteiger partial charge >= 0.3 is 0 Å². The summed E-state index contributed by atoms with van der Waals surface area (Å²) in [6, 6.07) is 11.8. The zero-order valence-corrected chi connectivity index (χ0v) is 12.5. The van der Waals surface area contributed by atoms with Gasteiger partial charge in [0, 0.05) is 5.56 Å². The Hall–Kier alpha value is -2.73. The normalized spacial score (nSPS) is 16.2. The lowest BCUT2D eigenvalue weighted by Gasteiger charge is -2.11. The Labute approximate surface area is 135 Å². The molecule has 0 atom stereocenters. The number of amides is 2. The molecule has 1 aliphatic heterocycles. The van der Waals surface area contributed by atoms with Gasteiger partial charge in [0.25, 0.3) is 11.1 Å². The Morgan fingerprint density at radius 3 is 2.13 bits per heavy atom. The minimum absolute atomic E-state index is 0.276. The van der Waals surface area contributed by atoms with Gasteiger partial charge < -0.3 is 0 Å². The van der Waals surface area contributed by atoms with Crippen LogP contribution in [0.2, 0.25) is 0 Å². The van der Waals surface area contributed by atoms with E-state index < -0.39 is 17.0 Å². The van der Waals surface area contributed by atoms with Crippen LogP contribution in [0.3, 0.4) is 0 Å². The van der Waals surface area contributed by atoms with E-state index in [1.165, 1.54) is 24.3 Å². The standard InChI is InChI=1S/C17H10FNO3S/c18-13-5-7-14(8-6-13)19-16(21)15(23-17(19)22)9-11-1-3-12(10-20)4-2-11/h1-10H. The number of rotatable bonds is 3. The summed E-state index contributed by atoms with van der Waals surface area (Å²) >= 11 is 0.821. The lowest BCUT2D eigenvalue weighted by Crippen LogP contribution is -2.27. The summed E-state index contributed by atoms with van der Waals surface area (Å²) < 4.78 is 13.0. The molecule has 1 aliphatic rings. The second kappa shape index (κ2) is 6.18. The van der Waals surface area contributed by atoms with E-state index in [9.17, 15) is 18.8 Å². The monoisotopic (exact) mass is 327 g/mol. The van der Waals surface area contributed by atoms with Gasteiger partial charge in [0.15, 0.2) is 0 Å². The summed E-state index contributed by atoms with van der Waals surface area (Å²) in [6.07, 6.45) is 2.31. The molecular formula is C17H10FNO3S. The van der Waals surface area contributed by atoms with E-state index in [4.69, 9.17) is 0 Å². The lowest BCUT2D eigenvalue weighted by molar-refractivity contribution is -0.113. The van der Waals surface area contributed by atoms with E-state index in [-0.39, 0.29) is 4.91 Å². The van der Waals surface area contributed by atoms with Crippen molar-refractivity contribution in [3.05, 3.63) is 70.4 Å². The van der Waals surface area contributed by atoms with Crippen LogP contribution in [0.5, 0.6) is 0 Å². The van der Waals surface area contributed by atoms with Crippen molar-refractivity contribution in [2.45, 2.75) is 0 Å². The summed E-state index contributed by atoms with van der Waals surface area (Å²) in [6.45, 7) is 0. The number of halogens is 1. The van der Waals surface area contributed by atoms with Crippen LogP contribution in [0.1, 0.15) is 15.9 Å². The lowest BCUT2D eigenvalue weighted by atomic mass is 10.1. The molecule has 2 aromatic carbocycles. The van der Waals surface area contributed by atoms with E-state index in [1.807, 2.05) is 0 Å². The van der Waals surface area contributed by atoms with Crippen molar-refractivity contribution in [2.24, 2.45) is 0 Å². The first kappa shape index (κ1) is 15.2. The summed E-state index contributed by atoms with van der Waals surface area (Å²) in [7, 11) is 0. The van der Waals surface area contributed by atoms with Gasteiger partial charge in [-0.15, -0.1) is 0 Å². The first-order chi connectivity index (χ1) is 11.1. The zero-order valence-electron chi connectivity index (χ0n) is 11.7. The summed E-state index contributed by atoms with van der Waals surface area (Å²) in [5.74, 6) is -0.891. The van der Waals surface area contributed by atoms with E-state index in [0.717, 1.165) is 22.9 Å². The fourth-order valence-corrected chi connectivity index (χ4v) is 2.94. The number of hydrogen-bond donors (Lipinski definition) is 0. The van der Waals surface area contributed by atoms with E-state index in [2.05, 4.69) is 0 Å². The molecule has 6 heteroatoms. The highest BCUT2D eigenvalue weighted by molar-refractivity contribution is 8.19. The Morgan fingerprint density at radius 1 is 0.913 bits per heavy atom. The third kappa shape index (κ3) is 3.07. The van der Waals surface area contributed by atoms with Crippen LogP contribution in [0.25, 0.3) is 6.08 Å². The second-order valence-electron chi connectivity index (χ2n) is 4.78. The first-order valence-corrected chi connectivity index (χ1v) is 7.49. The zero-order chi connectivity index (χ0) is 16.4. The Bertz CT molecular complexity index is 813. The van der Waals surface area contributed by atoms with Crippen molar-refractivity contribution >= 4 is 41.0 Å². The largest absolute Gasteiger partial charge is 0.298 e. The summed E-state index contributed by atoms with van der Waals surface area (Å²) in [4.78, 5) is 36.4. The average molecular weight is 327 g/mol. The molecule has 1 heterocycles. The van der Waals surface area contributed by atoms with E-state index in [0.29, 0.717) is 16.8 Å². The molecule has 0 unspecified atom stereocenters. The number of benzene rings is 2. The van der Waals surface area contributed by atoms with Crippen LogP contribution >= 0.6 is 11.8 Å². The molecule has 2 aromatic rings. The number of anilines is 1. The van der Waals surface area contributed by atoms with Gasteiger partial charge in [-0.25, -0.2) is 9.29 Å². The molecule has 114 valence electrons. The van der Waals surface area contributed by atoms with Crippen molar-refractivity contribution in [1.29, 1.82) is 0 Å². The minimum atomic E-state index is -0.453. The minimum Gasteiger partial charge on any atom is -0.298 e. The maximum atomic E-state index is 13.0. The molecule has 0 aliphatic carbocycles. The molecular weight excluding hydrogens is 317 g/mol. The highest BCUT2D eigenvalue weighted by Crippen LogP contribution is 2.35. The molecule has 0 spiro atoms. The molecule has 2 amide bonds. The molecule has 1 fully saturated rings. The second-order valence-corrected chi connectivity index (χ2v) is 5.77. The van der Waals surface area contributed by atoms with Crippen LogP contribution in [-0.2, 0) is 4.79 Å². The number of thioether (sulfide) groups is 1. The van der Waals surface area contributed by atoms with Gasteiger partial charge in [-0.3, -0.25) is 14.4 Å². The van der Waals surface area contributed by atoms with Gasteiger partial charge in [-0.1, -0.05) is 24.3 Å². The predicted molar refractivity (Wildman–Crippen MR) is 86.7 cm³/mol. The molecule has 4 nitrogen and oxygen atoms in total. The predicted octanol–water partition coefficient (Wildman–Crippen LogP) is 3.88. The van der Waals surface area contributed by atoms with Gasteiger partial charge in [0.1, 0.15) is 12.1 Å². The van der Waals surface area contributed by atoms with E-state index >= 15 is 0 Å². The summed E-state index contributed by atoms with van der Waals surface area (Å²) in [5, 5.41) is -0.433. The smallest absolute Gasteiger partial charge is 0.298 e. The number of nitrogens with zero attached hydrogens (tertiary/aromatic N) is 1. The van der Waals surface area contributed by atoms with Crippen LogP contribution in [0.15, 0.2) is 53.4 Å². The molecule has 0 N–H and O–H groups in total. The molecule has 0 saturated carbocycles. The molecule has 0 bridgehead atoms. The first-order valence-electron chi connectivity index (χ1n) is 6.67. The van der Waals surface area contributed by atoms with Crippen molar-refractivity contribution < 1.29 is 18.8 Å². The van der Waals surface area contributed by atoms with Crippen molar-refractivity contribution in [3.63, 3.8) is 0 Å². The Balaban J connectivity index is 1.89. The fourth-order valence-electron chi connectivity index (χ4n) is 2.10.